The van der Waals surface area contributed by atoms with Crippen molar-refractivity contribution in [3.05, 3.63) is 29.8 Å². The number of ether oxygens (including phenoxy) is 2. The molecule has 6 nitrogen and oxygen atoms in total. The smallest absolute Gasteiger partial charge is 0.545 e. The maximum atomic E-state index is 10.9. The van der Waals surface area contributed by atoms with E-state index in [1.165, 1.54) is 17.8 Å². The van der Waals surface area contributed by atoms with Crippen molar-refractivity contribution >= 4 is 17.7 Å². The van der Waals surface area contributed by atoms with E-state index in [-0.39, 0.29) is 47.1 Å². The second-order valence-corrected chi connectivity index (χ2v) is 7.27. The van der Waals surface area contributed by atoms with Crippen molar-refractivity contribution in [3.8, 4) is 0 Å². The van der Waals surface area contributed by atoms with Gasteiger partial charge in [-0.2, -0.15) is 0 Å². The number of carboxylic acid groups (broad SMARTS) is 1. The summed E-state index contributed by atoms with van der Waals surface area (Å²) in [5.41, 5.74) is 0.135. The van der Waals surface area contributed by atoms with E-state index >= 15 is 0 Å². The number of thioether (sulfide) groups is 1. The fraction of sp³-hybridized carbons (Fsp3) is 0.588. The van der Waals surface area contributed by atoms with Crippen molar-refractivity contribution in [1.82, 2.24) is 0 Å². The van der Waals surface area contributed by atoms with Gasteiger partial charge in [0.1, 0.15) is 6.10 Å². The first-order valence-electron chi connectivity index (χ1n) is 8.13. The summed E-state index contributed by atoms with van der Waals surface area (Å²) < 4.78 is 11.4. The van der Waals surface area contributed by atoms with Crippen LogP contribution < -0.4 is 34.7 Å². The zero-order valence-electron chi connectivity index (χ0n) is 14.2. The molecule has 1 aromatic carbocycles. The SMILES string of the molecule is O=C([O-])c1cccc(SCC2OC3OCCCCC2C(O)C3O)c1.[Na+]. The quantitative estimate of drug-likeness (QED) is 0.440. The molecule has 1 aromatic rings. The molecule has 0 aromatic heterocycles. The van der Waals surface area contributed by atoms with Crippen molar-refractivity contribution < 1.29 is 59.1 Å². The molecule has 2 bridgehead atoms. The molecule has 132 valence electrons. The van der Waals surface area contributed by atoms with Crippen LogP contribution in [0.15, 0.2) is 29.2 Å². The van der Waals surface area contributed by atoms with Gasteiger partial charge in [0.15, 0.2) is 6.29 Å². The summed E-state index contributed by atoms with van der Waals surface area (Å²) in [6.45, 7) is 0.509. The number of aliphatic hydroxyl groups is 2. The molecule has 5 atom stereocenters. The van der Waals surface area contributed by atoms with E-state index < -0.39 is 24.5 Å². The number of hydrogen-bond donors (Lipinski definition) is 2. The van der Waals surface area contributed by atoms with Crippen LogP contribution in [-0.4, -0.2) is 53.1 Å². The van der Waals surface area contributed by atoms with Crippen molar-refractivity contribution in [2.45, 2.75) is 48.8 Å². The van der Waals surface area contributed by atoms with Crippen LogP contribution in [0.5, 0.6) is 0 Å². The molecule has 3 aliphatic heterocycles. The molecule has 0 spiro atoms. The van der Waals surface area contributed by atoms with Crippen molar-refractivity contribution in [1.29, 1.82) is 0 Å². The monoisotopic (exact) mass is 376 g/mol. The van der Waals surface area contributed by atoms with E-state index in [2.05, 4.69) is 0 Å². The maximum Gasteiger partial charge on any atom is 1.00 e. The number of fused-ring (bicyclic) bond motifs is 6. The Balaban J connectivity index is 0.00000225. The number of benzene rings is 1. The van der Waals surface area contributed by atoms with Crippen LogP contribution in [0.4, 0.5) is 0 Å². The molecule has 25 heavy (non-hydrogen) atoms. The van der Waals surface area contributed by atoms with Crippen LogP contribution in [0.3, 0.4) is 0 Å². The third-order valence-electron chi connectivity index (χ3n) is 4.55. The van der Waals surface area contributed by atoms with Gasteiger partial charge in [-0.05, 0) is 30.5 Å². The average molecular weight is 376 g/mol. The predicted octanol–water partition coefficient (Wildman–Crippen LogP) is -2.59. The van der Waals surface area contributed by atoms with Crippen LogP contribution in [0.25, 0.3) is 0 Å². The minimum atomic E-state index is -1.21. The third kappa shape index (κ3) is 5.20. The zero-order valence-corrected chi connectivity index (χ0v) is 17.0. The van der Waals surface area contributed by atoms with Gasteiger partial charge in [0.05, 0.1) is 18.2 Å². The molecule has 3 fully saturated rings. The fourth-order valence-electron chi connectivity index (χ4n) is 3.22. The Kier molecular flexibility index (Phi) is 8.23. The summed E-state index contributed by atoms with van der Waals surface area (Å²) in [4.78, 5) is 11.7. The Morgan fingerprint density at radius 1 is 1.28 bits per heavy atom. The molecular formula is C17H21NaO6S. The molecule has 0 aliphatic carbocycles. The van der Waals surface area contributed by atoms with E-state index in [1.54, 1.807) is 12.1 Å². The van der Waals surface area contributed by atoms with E-state index in [4.69, 9.17) is 9.47 Å². The first kappa shape index (κ1) is 21.2. The second-order valence-electron chi connectivity index (χ2n) is 6.18. The van der Waals surface area contributed by atoms with Gasteiger partial charge in [0.2, 0.25) is 0 Å². The third-order valence-corrected chi connectivity index (χ3v) is 5.63. The molecule has 2 N–H and O–H groups in total. The number of aliphatic hydroxyl groups excluding tert-OH is 2. The van der Waals surface area contributed by atoms with Gasteiger partial charge < -0.3 is 29.6 Å². The molecule has 3 heterocycles. The largest absolute Gasteiger partial charge is 1.00 e. The van der Waals surface area contributed by atoms with Gasteiger partial charge in [-0.25, -0.2) is 0 Å². The first-order valence-corrected chi connectivity index (χ1v) is 9.12. The Bertz CT molecular complexity index is 584. The standard InChI is InChI=1S/C17H22O6S.Na/c18-14-12-6-1-2-7-22-17(15(14)19)23-13(12)9-24-11-5-3-4-10(8-11)16(20)21;/h3-5,8,12-15,17-19H,1-2,6-7,9H2,(H,20,21);/q;+1/p-1. The van der Waals surface area contributed by atoms with Crippen LogP contribution in [0.1, 0.15) is 29.6 Å². The Hall–Kier alpha value is -0.120. The molecular weight excluding hydrogens is 355 g/mol. The van der Waals surface area contributed by atoms with E-state index in [1.807, 2.05) is 6.07 Å². The molecule has 8 heteroatoms. The molecule has 3 aliphatic rings. The normalized spacial score (nSPS) is 32.2. The van der Waals surface area contributed by atoms with Gasteiger partial charge in [0.25, 0.3) is 0 Å². The van der Waals surface area contributed by atoms with E-state index in [9.17, 15) is 20.1 Å². The minimum absolute atomic E-state index is 0. The average Bonchev–Trinajstić information content (AvgIpc) is 2.72. The Morgan fingerprint density at radius 2 is 2.08 bits per heavy atom. The number of aromatic carboxylic acids is 1. The molecule has 4 rings (SSSR count). The van der Waals surface area contributed by atoms with Crippen LogP contribution >= 0.6 is 11.8 Å². The topological polar surface area (TPSA) is 99.1 Å². The predicted molar refractivity (Wildman–Crippen MR) is 85.5 cm³/mol. The number of hydrogen-bond acceptors (Lipinski definition) is 7. The number of carboxylic acids is 1. The molecule has 3 saturated heterocycles. The Labute approximate surface area is 173 Å². The van der Waals surface area contributed by atoms with Gasteiger partial charge in [0, 0.05) is 23.2 Å². The summed E-state index contributed by atoms with van der Waals surface area (Å²) >= 11 is 1.46. The summed E-state index contributed by atoms with van der Waals surface area (Å²) in [6.07, 6.45) is -0.427. The molecule has 0 amide bonds. The fourth-order valence-corrected chi connectivity index (χ4v) is 4.29. The summed E-state index contributed by atoms with van der Waals surface area (Å²) in [5, 5.41) is 31.4. The summed E-state index contributed by atoms with van der Waals surface area (Å²) in [6, 6.07) is 6.55. The van der Waals surface area contributed by atoms with Gasteiger partial charge >= 0.3 is 29.6 Å². The van der Waals surface area contributed by atoms with Crippen molar-refractivity contribution in [3.63, 3.8) is 0 Å². The maximum absolute atomic E-state index is 10.9. The van der Waals surface area contributed by atoms with Crippen LogP contribution in [0.2, 0.25) is 0 Å². The number of rotatable bonds is 4. The molecule has 0 saturated carbocycles. The van der Waals surface area contributed by atoms with Gasteiger partial charge in [-0.1, -0.05) is 18.6 Å². The summed E-state index contributed by atoms with van der Waals surface area (Å²) in [5.74, 6) is -0.818. The van der Waals surface area contributed by atoms with E-state index in [0.29, 0.717) is 12.4 Å². The van der Waals surface area contributed by atoms with Crippen molar-refractivity contribution in [2.24, 2.45) is 5.92 Å². The van der Waals surface area contributed by atoms with Crippen LogP contribution in [-0.2, 0) is 9.47 Å². The molecule has 5 unspecified atom stereocenters. The second kappa shape index (κ2) is 9.71. The summed E-state index contributed by atoms with van der Waals surface area (Å²) in [7, 11) is 0. The van der Waals surface area contributed by atoms with Crippen molar-refractivity contribution in [2.75, 3.05) is 12.4 Å². The number of carbonyl (C=O) groups is 1. The Morgan fingerprint density at radius 3 is 2.84 bits per heavy atom. The van der Waals surface area contributed by atoms with Crippen LogP contribution in [0, 0.1) is 5.92 Å². The zero-order chi connectivity index (χ0) is 17.1. The number of carbonyl (C=O) groups excluding carboxylic acids is 1. The minimum Gasteiger partial charge on any atom is -0.545 e. The van der Waals surface area contributed by atoms with Gasteiger partial charge in [-0.15, -0.1) is 11.8 Å². The van der Waals surface area contributed by atoms with Gasteiger partial charge in [-0.3, -0.25) is 0 Å². The molecule has 0 radical (unpaired) electrons. The first-order chi connectivity index (χ1) is 11.6. The van der Waals surface area contributed by atoms with E-state index in [0.717, 1.165) is 24.2 Å².